The van der Waals surface area contributed by atoms with Crippen LogP contribution in [0.25, 0.3) is 10.9 Å². The number of carbonyl (C=O) groups is 1. The van der Waals surface area contributed by atoms with Gasteiger partial charge in [0.2, 0.25) is 0 Å². The second-order valence-electron chi connectivity index (χ2n) is 4.30. The van der Waals surface area contributed by atoms with E-state index in [0.29, 0.717) is 18.7 Å². The Bertz CT molecular complexity index is 572. The van der Waals surface area contributed by atoms with E-state index in [1.165, 1.54) is 0 Å². The van der Waals surface area contributed by atoms with Crippen LogP contribution in [0.15, 0.2) is 36.5 Å². The minimum atomic E-state index is -0.385. The second kappa shape index (κ2) is 4.84. The predicted molar refractivity (Wildman–Crippen MR) is 68.7 cm³/mol. The number of hydrogen-bond acceptors (Lipinski definition) is 4. The van der Waals surface area contributed by atoms with Gasteiger partial charge in [0.15, 0.2) is 5.78 Å². The van der Waals surface area contributed by atoms with Crippen molar-refractivity contribution in [2.75, 3.05) is 19.7 Å². The number of rotatable bonds is 2. The highest BCUT2D eigenvalue weighted by Gasteiger charge is 2.24. The van der Waals surface area contributed by atoms with Crippen molar-refractivity contribution in [2.45, 2.75) is 6.10 Å². The van der Waals surface area contributed by atoms with E-state index < -0.39 is 0 Å². The first kappa shape index (κ1) is 11.3. The summed E-state index contributed by atoms with van der Waals surface area (Å²) in [5, 5.41) is 4.06. The lowest BCUT2D eigenvalue weighted by Crippen LogP contribution is -2.43. The number of nitrogens with zero attached hydrogens (tertiary/aromatic N) is 1. The number of pyridine rings is 1. The highest BCUT2D eigenvalue weighted by atomic mass is 16.5. The van der Waals surface area contributed by atoms with Gasteiger partial charge in [0.25, 0.3) is 0 Å². The molecule has 0 aliphatic carbocycles. The van der Waals surface area contributed by atoms with Gasteiger partial charge in [-0.3, -0.25) is 9.78 Å². The fourth-order valence-electron chi connectivity index (χ4n) is 2.23. The third kappa shape index (κ3) is 2.00. The molecule has 4 heteroatoms. The standard InChI is InChI=1S/C14H14N2O2/c17-14(13-9-15-7-8-18-13)11-3-1-5-12-10(11)4-2-6-16-12/h1-6,13,15H,7-9H2. The fourth-order valence-corrected chi connectivity index (χ4v) is 2.23. The largest absolute Gasteiger partial charge is 0.367 e. The molecule has 1 aliphatic rings. The van der Waals surface area contributed by atoms with Crippen molar-refractivity contribution in [3.05, 3.63) is 42.1 Å². The maximum atomic E-state index is 12.4. The van der Waals surface area contributed by atoms with Crippen molar-refractivity contribution in [2.24, 2.45) is 0 Å². The summed E-state index contributed by atoms with van der Waals surface area (Å²) in [5.74, 6) is 0.0285. The van der Waals surface area contributed by atoms with Crippen LogP contribution in [0.4, 0.5) is 0 Å². The average Bonchev–Trinajstić information content (AvgIpc) is 2.47. The quantitative estimate of drug-likeness (QED) is 0.809. The first-order valence-corrected chi connectivity index (χ1v) is 6.06. The number of morpholine rings is 1. The van der Waals surface area contributed by atoms with Crippen LogP contribution in [0.2, 0.25) is 0 Å². The van der Waals surface area contributed by atoms with Crippen molar-refractivity contribution < 1.29 is 9.53 Å². The number of ether oxygens (including phenoxy) is 1. The van der Waals surface area contributed by atoms with E-state index in [-0.39, 0.29) is 11.9 Å². The number of nitrogens with one attached hydrogen (secondary N) is 1. The van der Waals surface area contributed by atoms with Gasteiger partial charge in [-0.25, -0.2) is 0 Å². The molecule has 0 saturated carbocycles. The molecule has 0 spiro atoms. The minimum absolute atomic E-state index is 0.0285. The second-order valence-corrected chi connectivity index (χ2v) is 4.30. The molecule has 2 heterocycles. The Labute approximate surface area is 105 Å². The van der Waals surface area contributed by atoms with E-state index in [1.807, 2.05) is 30.3 Å². The maximum Gasteiger partial charge on any atom is 0.193 e. The third-order valence-corrected chi connectivity index (χ3v) is 3.13. The molecule has 1 aromatic heterocycles. The molecule has 1 unspecified atom stereocenters. The van der Waals surface area contributed by atoms with Crippen LogP contribution in [0, 0.1) is 0 Å². The maximum absolute atomic E-state index is 12.4. The van der Waals surface area contributed by atoms with Crippen molar-refractivity contribution in [3.63, 3.8) is 0 Å². The molecule has 2 aromatic rings. The number of ketones is 1. The van der Waals surface area contributed by atoms with Crippen LogP contribution in [-0.4, -0.2) is 36.6 Å². The molecule has 3 rings (SSSR count). The van der Waals surface area contributed by atoms with Gasteiger partial charge < -0.3 is 10.1 Å². The Morgan fingerprint density at radius 1 is 1.33 bits per heavy atom. The summed E-state index contributed by atoms with van der Waals surface area (Å²) in [6.07, 6.45) is 1.35. The molecule has 18 heavy (non-hydrogen) atoms. The topological polar surface area (TPSA) is 51.2 Å². The first-order chi connectivity index (χ1) is 8.86. The van der Waals surface area contributed by atoms with Crippen LogP contribution in [0.3, 0.4) is 0 Å². The van der Waals surface area contributed by atoms with Crippen LogP contribution in [-0.2, 0) is 4.74 Å². The summed E-state index contributed by atoms with van der Waals surface area (Å²) in [7, 11) is 0. The van der Waals surface area contributed by atoms with E-state index in [2.05, 4.69) is 10.3 Å². The molecule has 4 nitrogen and oxygen atoms in total. The zero-order chi connectivity index (χ0) is 12.4. The summed E-state index contributed by atoms with van der Waals surface area (Å²) in [6.45, 7) is 1.97. The van der Waals surface area contributed by atoms with Crippen molar-refractivity contribution >= 4 is 16.7 Å². The molecule has 1 aromatic carbocycles. The molecule has 1 fully saturated rings. The van der Waals surface area contributed by atoms with Crippen LogP contribution >= 0.6 is 0 Å². The number of benzene rings is 1. The number of fused-ring (bicyclic) bond motifs is 1. The Balaban J connectivity index is 2.00. The zero-order valence-electron chi connectivity index (χ0n) is 9.93. The van der Waals surface area contributed by atoms with Gasteiger partial charge in [-0.1, -0.05) is 18.2 Å². The fraction of sp³-hybridized carbons (Fsp3) is 0.286. The van der Waals surface area contributed by atoms with E-state index >= 15 is 0 Å². The zero-order valence-corrected chi connectivity index (χ0v) is 9.93. The minimum Gasteiger partial charge on any atom is -0.367 e. The first-order valence-electron chi connectivity index (χ1n) is 6.06. The molecule has 92 valence electrons. The van der Waals surface area contributed by atoms with E-state index in [4.69, 9.17) is 4.74 Å². The van der Waals surface area contributed by atoms with Gasteiger partial charge >= 0.3 is 0 Å². The van der Waals surface area contributed by atoms with Gasteiger partial charge in [-0.2, -0.15) is 0 Å². The van der Waals surface area contributed by atoms with Gasteiger partial charge in [0, 0.05) is 30.2 Å². The van der Waals surface area contributed by atoms with Gasteiger partial charge in [0.1, 0.15) is 6.10 Å². The molecule has 1 N–H and O–H groups in total. The molecule has 1 aliphatic heterocycles. The highest BCUT2D eigenvalue weighted by Crippen LogP contribution is 2.19. The Hall–Kier alpha value is -1.78. The molecule has 1 atom stereocenters. The van der Waals surface area contributed by atoms with Gasteiger partial charge in [-0.05, 0) is 12.1 Å². The Kier molecular flexibility index (Phi) is 3.04. The summed E-state index contributed by atoms with van der Waals surface area (Å²) in [4.78, 5) is 16.7. The summed E-state index contributed by atoms with van der Waals surface area (Å²) in [5.41, 5.74) is 1.53. The molecule has 0 bridgehead atoms. The SMILES string of the molecule is O=C(c1cccc2ncccc12)C1CNCCO1. The molecule has 0 radical (unpaired) electrons. The smallest absolute Gasteiger partial charge is 0.193 e. The summed E-state index contributed by atoms with van der Waals surface area (Å²) in [6, 6.07) is 9.38. The number of aromatic nitrogens is 1. The average molecular weight is 242 g/mol. The van der Waals surface area contributed by atoms with E-state index in [1.54, 1.807) is 6.20 Å². The third-order valence-electron chi connectivity index (χ3n) is 3.13. The Morgan fingerprint density at radius 2 is 2.28 bits per heavy atom. The molecule has 0 amide bonds. The number of carbonyl (C=O) groups excluding carboxylic acids is 1. The molecule has 1 saturated heterocycles. The van der Waals surface area contributed by atoms with Crippen LogP contribution < -0.4 is 5.32 Å². The number of hydrogen-bond donors (Lipinski definition) is 1. The van der Waals surface area contributed by atoms with Crippen molar-refractivity contribution in [1.29, 1.82) is 0 Å². The monoisotopic (exact) mass is 242 g/mol. The highest BCUT2D eigenvalue weighted by molar-refractivity contribution is 6.09. The van der Waals surface area contributed by atoms with Crippen molar-refractivity contribution in [3.8, 4) is 0 Å². The van der Waals surface area contributed by atoms with Crippen LogP contribution in [0.5, 0.6) is 0 Å². The molecular weight excluding hydrogens is 228 g/mol. The number of Topliss-reactive ketones (excluding diaryl/α,β-unsaturated/α-hetero) is 1. The summed E-state index contributed by atoms with van der Waals surface area (Å²) >= 11 is 0. The lowest BCUT2D eigenvalue weighted by atomic mass is 10.0. The van der Waals surface area contributed by atoms with Crippen LogP contribution in [0.1, 0.15) is 10.4 Å². The van der Waals surface area contributed by atoms with E-state index in [9.17, 15) is 4.79 Å². The predicted octanol–water partition coefficient (Wildman–Crippen LogP) is 1.41. The van der Waals surface area contributed by atoms with Crippen molar-refractivity contribution in [1.82, 2.24) is 10.3 Å². The Morgan fingerprint density at radius 3 is 3.11 bits per heavy atom. The van der Waals surface area contributed by atoms with Gasteiger partial charge in [-0.15, -0.1) is 0 Å². The normalized spacial score (nSPS) is 19.9. The summed E-state index contributed by atoms with van der Waals surface area (Å²) < 4.78 is 5.51. The van der Waals surface area contributed by atoms with E-state index in [0.717, 1.165) is 17.4 Å². The lowest BCUT2D eigenvalue weighted by molar-refractivity contribution is 0.0270. The molecular formula is C14H14N2O2. The lowest BCUT2D eigenvalue weighted by Gasteiger charge is -2.22. The van der Waals surface area contributed by atoms with Gasteiger partial charge in [0.05, 0.1) is 12.1 Å².